The second-order valence-corrected chi connectivity index (χ2v) is 3.28. The maximum atomic E-state index is 12.3. The van der Waals surface area contributed by atoms with Gasteiger partial charge in [0.2, 0.25) is 11.7 Å². The number of hydrogen-bond donors (Lipinski definition) is 0. The fourth-order valence-electron chi connectivity index (χ4n) is 0.626. The summed E-state index contributed by atoms with van der Waals surface area (Å²) in [6.07, 6.45) is -0.390. The minimum Gasteiger partial charge on any atom is -0.436 e. The van der Waals surface area contributed by atoms with Crippen LogP contribution in [0.4, 0.5) is 8.78 Å². The highest BCUT2D eigenvalue weighted by atomic mass is 19.3. The van der Waals surface area contributed by atoms with Crippen LogP contribution in [0.15, 0.2) is 0 Å². The highest BCUT2D eigenvalue weighted by Crippen LogP contribution is 2.18. The molecular formula is C8H14F2O3. The molecule has 0 atom stereocenters. The zero-order chi connectivity index (χ0) is 10.5. The summed E-state index contributed by atoms with van der Waals surface area (Å²) >= 11 is 0. The lowest BCUT2D eigenvalue weighted by atomic mass is 10.3. The van der Waals surface area contributed by atoms with Crippen molar-refractivity contribution in [3.05, 3.63) is 0 Å². The van der Waals surface area contributed by atoms with Crippen LogP contribution >= 0.6 is 0 Å². The Bertz CT molecular complexity index is 163. The van der Waals surface area contributed by atoms with E-state index >= 15 is 0 Å². The van der Waals surface area contributed by atoms with E-state index in [1.807, 2.05) is 0 Å². The Balaban J connectivity index is 3.69. The fraction of sp³-hybridized carbons (Fsp3) is 0.875. The van der Waals surface area contributed by atoms with Crippen LogP contribution in [-0.2, 0) is 14.3 Å². The van der Waals surface area contributed by atoms with Crippen LogP contribution in [0.3, 0.4) is 0 Å². The van der Waals surface area contributed by atoms with Gasteiger partial charge in [-0.25, -0.2) is 8.78 Å². The Morgan fingerprint density at radius 1 is 1.31 bits per heavy atom. The molecule has 0 bridgehead atoms. The summed E-state index contributed by atoms with van der Waals surface area (Å²) in [6.45, 7) is 3.85. The van der Waals surface area contributed by atoms with Crippen LogP contribution in [0, 0.1) is 0 Å². The lowest BCUT2D eigenvalue weighted by molar-refractivity contribution is -0.207. The standard InChI is InChI=1S/C8H14F2O3/c1-7(2,13-6-11)12-5-4-8(3,9)10/h6H,4-5H2,1-3H3. The molecule has 0 aromatic carbocycles. The maximum absolute atomic E-state index is 12.3. The predicted octanol–water partition coefficient (Wildman–Crippen LogP) is 1.96. The quantitative estimate of drug-likeness (QED) is 0.481. The average molecular weight is 196 g/mol. The van der Waals surface area contributed by atoms with Gasteiger partial charge in [0.25, 0.3) is 6.47 Å². The van der Waals surface area contributed by atoms with Crippen LogP contribution in [0.2, 0.25) is 0 Å². The van der Waals surface area contributed by atoms with Crippen molar-refractivity contribution < 1.29 is 23.0 Å². The number of hydrogen-bond acceptors (Lipinski definition) is 3. The van der Waals surface area contributed by atoms with Crippen molar-refractivity contribution >= 4 is 6.47 Å². The highest BCUT2D eigenvalue weighted by Gasteiger charge is 2.24. The van der Waals surface area contributed by atoms with E-state index in [1.54, 1.807) is 0 Å². The predicted molar refractivity (Wildman–Crippen MR) is 42.4 cm³/mol. The van der Waals surface area contributed by atoms with Gasteiger partial charge in [-0.1, -0.05) is 0 Å². The molecule has 0 aliphatic heterocycles. The smallest absolute Gasteiger partial charge is 0.295 e. The molecule has 0 aromatic rings. The minimum atomic E-state index is -2.75. The Kier molecular flexibility index (Phi) is 4.26. The molecule has 0 unspecified atom stereocenters. The Hall–Kier alpha value is -0.710. The third kappa shape index (κ3) is 7.64. The van der Waals surface area contributed by atoms with Gasteiger partial charge in [-0.3, -0.25) is 4.79 Å². The van der Waals surface area contributed by atoms with E-state index < -0.39 is 18.1 Å². The van der Waals surface area contributed by atoms with Gasteiger partial charge in [0, 0.05) is 20.3 Å². The molecule has 78 valence electrons. The number of ether oxygens (including phenoxy) is 2. The first-order valence-corrected chi connectivity index (χ1v) is 3.90. The molecule has 5 heteroatoms. The summed E-state index contributed by atoms with van der Waals surface area (Å²) in [4.78, 5) is 9.93. The summed E-state index contributed by atoms with van der Waals surface area (Å²) in [7, 11) is 0. The van der Waals surface area contributed by atoms with Crippen LogP contribution in [0.25, 0.3) is 0 Å². The Morgan fingerprint density at radius 2 is 1.85 bits per heavy atom. The van der Waals surface area contributed by atoms with Crippen molar-refractivity contribution in [1.82, 2.24) is 0 Å². The topological polar surface area (TPSA) is 35.5 Å². The lowest BCUT2D eigenvalue weighted by Crippen LogP contribution is -2.29. The normalized spacial score (nSPS) is 12.7. The molecule has 0 aromatic heterocycles. The molecule has 0 heterocycles. The molecule has 0 saturated heterocycles. The molecule has 0 radical (unpaired) electrons. The van der Waals surface area contributed by atoms with Crippen molar-refractivity contribution in [1.29, 1.82) is 0 Å². The maximum Gasteiger partial charge on any atom is 0.295 e. The van der Waals surface area contributed by atoms with E-state index in [9.17, 15) is 13.6 Å². The molecule has 0 rings (SSSR count). The first kappa shape index (κ1) is 12.3. The summed E-state index contributed by atoms with van der Waals surface area (Å²) in [5.74, 6) is -3.88. The number of halogens is 2. The molecule has 0 spiro atoms. The first-order valence-electron chi connectivity index (χ1n) is 3.90. The van der Waals surface area contributed by atoms with E-state index in [2.05, 4.69) is 4.74 Å². The third-order valence-electron chi connectivity index (χ3n) is 1.32. The largest absolute Gasteiger partial charge is 0.436 e. The molecule has 0 fully saturated rings. The number of alkyl halides is 2. The molecule has 3 nitrogen and oxygen atoms in total. The van der Waals surface area contributed by atoms with Gasteiger partial charge in [-0.05, 0) is 6.92 Å². The van der Waals surface area contributed by atoms with Gasteiger partial charge in [-0.2, -0.15) is 0 Å². The Labute approximate surface area is 76.0 Å². The van der Waals surface area contributed by atoms with Crippen molar-refractivity contribution in [3.8, 4) is 0 Å². The molecule has 0 amide bonds. The van der Waals surface area contributed by atoms with E-state index in [0.717, 1.165) is 6.92 Å². The molecule has 0 aliphatic rings. The van der Waals surface area contributed by atoms with E-state index in [0.29, 0.717) is 0 Å². The summed E-state index contributed by atoms with van der Waals surface area (Å²) < 4.78 is 34.0. The lowest BCUT2D eigenvalue weighted by Gasteiger charge is -2.23. The van der Waals surface area contributed by atoms with E-state index in [4.69, 9.17) is 4.74 Å². The third-order valence-corrected chi connectivity index (χ3v) is 1.32. The monoisotopic (exact) mass is 196 g/mol. The fourth-order valence-corrected chi connectivity index (χ4v) is 0.626. The summed E-state index contributed by atoms with van der Waals surface area (Å²) in [5, 5.41) is 0. The molecular weight excluding hydrogens is 182 g/mol. The molecule has 13 heavy (non-hydrogen) atoms. The van der Waals surface area contributed by atoms with Gasteiger partial charge < -0.3 is 9.47 Å². The minimum absolute atomic E-state index is 0.148. The van der Waals surface area contributed by atoms with E-state index in [1.165, 1.54) is 13.8 Å². The SMILES string of the molecule is CC(F)(F)CCOC(C)(C)OC=O. The van der Waals surface area contributed by atoms with E-state index in [-0.39, 0.29) is 13.1 Å². The van der Waals surface area contributed by atoms with Gasteiger partial charge >= 0.3 is 0 Å². The number of carbonyl (C=O) groups is 1. The van der Waals surface area contributed by atoms with Gasteiger partial charge in [0.05, 0.1) is 6.61 Å². The first-order chi connectivity index (χ1) is 5.77. The van der Waals surface area contributed by atoms with Gasteiger partial charge in [0.15, 0.2) is 0 Å². The van der Waals surface area contributed by atoms with Crippen molar-refractivity contribution in [2.45, 2.75) is 38.9 Å². The summed E-state index contributed by atoms with van der Waals surface area (Å²) in [6, 6.07) is 0. The highest BCUT2D eigenvalue weighted by molar-refractivity contribution is 5.37. The van der Waals surface area contributed by atoms with Crippen LogP contribution in [0.1, 0.15) is 27.2 Å². The second-order valence-electron chi connectivity index (χ2n) is 3.28. The average Bonchev–Trinajstić information content (AvgIpc) is 1.82. The molecule has 0 aliphatic carbocycles. The zero-order valence-electron chi connectivity index (χ0n) is 7.97. The molecule has 0 saturated carbocycles. The van der Waals surface area contributed by atoms with Crippen LogP contribution < -0.4 is 0 Å². The van der Waals surface area contributed by atoms with Crippen molar-refractivity contribution in [2.75, 3.05) is 6.61 Å². The number of carbonyl (C=O) groups excluding carboxylic acids is 1. The van der Waals surface area contributed by atoms with Crippen molar-refractivity contribution in [3.63, 3.8) is 0 Å². The van der Waals surface area contributed by atoms with Gasteiger partial charge in [0.1, 0.15) is 0 Å². The zero-order valence-corrected chi connectivity index (χ0v) is 7.97. The summed E-state index contributed by atoms with van der Waals surface area (Å²) in [5.41, 5.74) is 0. The van der Waals surface area contributed by atoms with Crippen LogP contribution in [0.5, 0.6) is 0 Å². The van der Waals surface area contributed by atoms with Crippen LogP contribution in [-0.4, -0.2) is 24.8 Å². The Morgan fingerprint density at radius 3 is 2.23 bits per heavy atom. The van der Waals surface area contributed by atoms with Crippen molar-refractivity contribution in [2.24, 2.45) is 0 Å². The molecule has 0 N–H and O–H groups in total. The second kappa shape index (κ2) is 4.50. The van der Waals surface area contributed by atoms with Gasteiger partial charge in [-0.15, -0.1) is 0 Å². The number of rotatable bonds is 6.